The molecule has 0 fully saturated rings. The minimum Gasteiger partial charge on any atom is -0.324 e. The molecule has 1 amide bonds. The van der Waals surface area contributed by atoms with Crippen molar-refractivity contribution < 1.29 is 4.79 Å². The zero-order chi connectivity index (χ0) is 21.6. The zero-order valence-corrected chi connectivity index (χ0v) is 18.3. The maximum Gasteiger partial charge on any atom is 0.234 e. The lowest BCUT2D eigenvalue weighted by Crippen LogP contribution is -2.16. The number of benzene rings is 2. The van der Waals surface area contributed by atoms with Gasteiger partial charge in [-0.25, -0.2) is 4.98 Å². The van der Waals surface area contributed by atoms with Gasteiger partial charge in [-0.1, -0.05) is 61.2 Å². The highest BCUT2D eigenvalue weighted by molar-refractivity contribution is 7.99. The molecule has 1 unspecified atom stereocenters. The largest absolute Gasteiger partial charge is 0.324 e. The Morgan fingerprint density at radius 2 is 1.87 bits per heavy atom. The smallest absolute Gasteiger partial charge is 0.234 e. The first-order chi connectivity index (χ1) is 15.2. The van der Waals surface area contributed by atoms with E-state index in [1.54, 1.807) is 12.5 Å². The molecular weight excluding hydrogens is 408 g/mol. The van der Waals surface area contributed by atoms with E-state index in [0.717, 1.165) is 34.3 Å². The highest BCUT2D eigenvalue weighted by atomic mass is 32.2. The summed E-state index contributed by atoms with van der Waals surface area (Å²) in [5.41, 5.74) is 2.62. The molecule has 4 rings (SSSR count). The van der Waals surface area contributed by atoms with Crippen LogP contribution in [-0.4, -0.2) is 36.0 Å². The van der Waals surface area contributed by atoms with Gasteiger partial charge in [0, 0.05) is 24.0 Å². The van der Waals surface area contributed by atoms with E-state index >= 15 is 0 Å². The number of aromatic nitrogens is 5. The number of carbonyl (C=O) groups excluding carboxylic acids is 1. The second-order valence-corrected chi connectivity index (χ2v) is 8.07. The summed E-state index contributed by atoms with van der Waals surface area (Å²) in [4.78, 5) is 16.8. The Morgan fingerprint density at radius 3 is 2.61 bits per heavy atom. The van der Waals surface area contributed by atoms with Crippen molar-refractivity contribution in [3.05, 3.63) is 73.3 Å². The van der Waals surface area contributed by atoms with E-state index in [4.69, 9.17) is 0 Å². The van der Waals surface area contributed by atoms with E-state index in [0.29, 0.717) is 0 Å². The number of imidazole rings is 1. The number of carbonyl (C=O) groups is 1. The number of para-hydroxylation sites is 2. The standard InChI is InChI=1S/C23H24N6OS/c1-3-17(2)29-22(18-9-5-4-6-10-18)26-27-23(29)31-15-21(30)25-19-11-7-8-12-20(19)28-14-13-24-16-28/h4-14,16-17H,3,15H2,1-2H3,(H,25,30). The van der Waals surface area contributed by atoms with Gasteiger partial charge in [-0.3, -0.25) is 9.36 Å². The number of rotatable bonds is 8. The van der Waals surface area contributed by atoms with Crippen molar-refractivity contribution >= 4 is 23.4 Å². The Kier molecular flexibility index (Phi) is 6.47. The van der Waals surface area contributed by atoms with Crippen molar-refractivity contribution in [1.82, 2.24) is 24.3 Å². The van der Waals surface area contributed by atoms with Crippen molar-refractivity contribution in [2.75, 3.05) is 11.1 Å². The molecule has 158 valence electrons. The van der Waals surface area contributed by atoms with Crippen molar-refractivity contribution in [1.29, 1.82) is 0 Å². The summed E-state index contributed by atoms with van der Waals surface area (Å²) < 4.78 is 3.99. The van der Waals surface area contributed by atoms with Crippen LogP contribution in [0.2, 0.25) is 0 Å². The molecule has 0 saturated heterocycles. The molecule has 2 heterocycles. The Hall–Kier alpha value is -3.39. The summed E-state index contributed by atoms with van der Waals surface area (Å²) in [5, 5.41) is 12.5. The second-order valence-electron chi connectivity index (χ2n) is 7.12. The number of hydrogen-bond acceptors (Lipinski definition) is 5. The number of amides is 1. The predicted octanol–water partition coefficient (Wildman–Crippen LogP) is 4.83. The van der Waals surface area contributed by atoms with Crippen LogP contribution in [0.25, 0.3) is 17.1 Å². The van der Waals surface area contributed by atoms with Crippen LogP contribution < -0.4 is 5.32 Å². The van der Waals surface area contributed by atoms with Gasteiger partial charge in [-0.15, -0.1) is 10.2 Å². The van der Waals surface area contributed by atoms with Crippen LogP contribution in [0.5, 0.6) is 0 Å². The molecule has 0 aliphatic rings. The quantitative estimate of drug-likeness (QED) is 0.404. The lowest BCUT2D eigenvalue weighted by atomic mass is 10.2. The van der Waals surface area contributed by atoms with E-state index in [1.807, 2.05) is 65.4 Å². The van der Waals surface area contributed by atoms with Gasteiger partial charge in [-0.2, -0.15) is 0 Å². The molecule has 0 spiro atoms. The Bertz CT molecular complexity index is 1140. The molecule has 4 aromatic rings. The van der Waals surface area contributed by atoms with Crippen LogP contribution >= 0.6 is 11.8 Å². The third-order valence-electron chi connectivity index (χ3n) is 5.02. The topological polar surface area (TPSA) is 77.6 Å². The molecule has 0 aliphatic carbocycles. The number of nitrogens with one attached hydrogen (secondary N) is 1. The van der Waals surface area contributed by atoms with Gasteiger partial charge >= 0.3 is 0 Å². The summed E-state index contributed by atoms with van der Waals surface area (Å²) in [6.07, 6.45) is 6.20. The van der Waals surface area contributed by atoms with E-state index in [1.165, 1.54) is 11.8 Å². The molecule has 1 atom stereocenters. The Balaban J connectivity index is 1.50. The van der Waals surface area contributed by atoms with E-state index in [-0.39, 0.29) is 17.7 Å². The van der Waals surface area contributed by atoms with Crippen LogP contribution in [0, 0.1) is 0 Å². The maximum absolute atomic E-state index is 12.7. The Labute approximate surface area is 185 Å². The molecule has 0 saturated carbocycles. The van der Waals surface area contributed by atoms with E-state index < -0.39 is 0 Å². The molecule has 7 nitrogen and oxygen atoms in total. The van der Waals surface area contributed by atoms with Crippen LogP contribution in [0.1, 0.15) is 26.3 Å². The van der Waals surface area contributed by atoms with Crippen molar-refractivity contribution in [2.24, 2.45) is 0 Å². The molecule has 2 aromatic heterocycles. The van der Waals surface area contributed by atoms with Crippen molar-refractivity contribution in [2.45, 2.75) is 31.5 Å². The number of nitrogens with zero attached hydrogens (tertiary/aromatic N) is 5. The molecule has 31 heavy (non-hydrogen) atoms. The van der Waals surface area contributed by atoms with E-state index in [2.05, 4.69) is 38.9 Å². The van der Waals surface area contributed by atoms with Crippen molar-refractivity contribution in [3.8, 4) is 17.1 Å². The SMILES string of the molecule is CCC(C)n1c(SCC(=O)Nc2ccccc2-n2ccnc2)nnc1-c1ccccc1. The van der Waals surface area contributed by atoms with Gasteiger partial charge in [0.1, 0.15) is 0 Å². The van der Waals surface area contributed by atoms with Gasteiger partial charge in [0.05, 0.1) is 23.5 Å². The fraction of sp³-hybridized carbons (Fsp3) is 0.217. The van der Waals surface area contributed by atoms with Gasteiger partial charge in [0.2, 0.25) is 5.91 Å². The number of thioether (sulfide) groups is 1. The summed E-state index contributed by atoms with van der Waals surface area (Å²) in [7, 11) is 0. The normalized spacial score (nSPS) is 11.9. The molecule has 0 aliphatic heterocycles. The van der Waals surface area contributed by atoms with Crippen LogP contribution in [-0.2, 0) is 4.79 Å². The highest BCUT2D eigenvalue weighted by Gasteiger charge is 2.19. The fourth-order valence-electron chi connectivity index (χ4n) is 3.26. The highest BCUT2D eigenvalue weighted by Crippen LogP contribution is 2.29. The lowest BCUT2D eigenvalue weighted by molar-refractivity contribution is -0.113. The van der Waals surface area contributed by atoms with Gasteiger partial charge in [0.15, 0.2) is 11.0 Å². The molecule has 1 N–H and O–H groups in total. The predicted molar refractivity (Wildman–Crippen MR) is 123 cm³/mol. The lowest BCUT2D eigenvalue weighted by Gasteiger charge is -2.16. The van der Waals surface area contributed by atoms with Crippen LogP contribution in [0.4, 0.5) is 5.69 Å². The van der Waals surface area contributed by atoms with Crippen LogP contribution in [0.15, 0.2) is 78.5 Å². The van der Waals surface area contributed by atoms with E-state index in [9.17, 15) is 4.79 Å². The first kappa shape index (κ1) is 20.9. The molecule has 0 radical (unpaired) electrons. The van der Waals surface area contributed by atoms with Gasteiger partial charge in [0.25, 0.3) is 0 Å². The summed E-state index contributed by atoms with van der Waals surface area (Å²) in [6.45, 7) is 4.27. The molecular formula is C23H24N6OS. The minimum atomic E-state index is -0.0995. The van der Waals surface area contributed by atoms with Gasteiger partial charge in [-0.05, 0) is 25.5 Å². The third kappa shape index (κ3) is 4.69. The summed E-state index contributed by atoms with van der Waals surface area (Å²) in [5.74, 6) is 0.961. The third-order valence-corrected chi connectivity index (χ3v) is 5.96. The monoisotopic (exact) mass is 432 g/mol. The molecule has 0 bridgehead atoms. The summed E-state index contributed by atoms with van der Waals surface area (Å²) >= 11 is 1.40. The van der Waals surface area contributed by atoms with Crippen molar-refractivity contribution in [3.63, 3.8) is 0 Å². The first-order valence-corrected chi connectivity index (χ1v) is 11.2. The van der Waals surface area contributed by atoms with Crippen LogP contribution in [0.3, 0.4) is 0 Å². The van der Waals surface area contributed by atoms with Gasteiger partial charge < -0.3 is 9.88 Å². The minimum absolute atomic E-state index is 0.0995. The average Bonchev–Trinajstić information content (AvgIpc) is 3.48. The first-order valence-electron chi connectivity index (χ1n) is 10.2. The number of hydrogen-bond donors (Lipinski definition) is 1. The Morgan fingerprint density at radius 1 is 1.10 bits per heavy atom. The number of anilines is 1. The summed E-state index contributed by atoms with van der Waals surface area (Å²) in [6, 6.07) is 17.9. The molecule has 8 heteroatoms. The average molecular weight is 433 g/mol. The second kappa shape index (κ2) is 9.61. The zero-order valence-electron chi connectivity index (χ0n) is 17.5. The molecule has 2 aromatic carbocycles. The maximum atomic E-state index is 12.7. The fourth-order valence-corrected chi connectivity index (χ4v) is 4.10.